The van der Waals surface area contributed by atoms with E-state index in [-0.39, 0.29) is 5.69 Å². The molecule has 6 heteroatoms. The van der Waals surface area contributed by atoms with Crippen molar-refractivity contribution in [3.63, 3.8) is 0 Å². The number of benzene rings is 1. The molecular weight excluding hydrogens is 362 g/mol. The predicted molar refractivity (Wildman–Crippen MR) is 113 cm³/mol. The van der Waals surface area contributed by atoms with Crippen LogP contribution in [-0.4, -0.2) is 32.7 Å². The van der Waals surface area contributed by atoms with Crippen molar-refractivity contribution in [2.45, 2.75) is 25.8 Å². The zero-order valence-corrected chi connectivity index (χ0v) is 16.0. The summed E-state index contributed by atoms with van der Waals surface area (Å²) < 4.78 is 0.782. The molecular formula is C23H20N5O-. The van der Waals surface area contributed by atoms with E-state index in [0.29, 0.717) is 16.6 Å². The fourth-order valence-corrected chi connectivity index (χ4v) is 4.15. The normalized spacial score (nSPS) is 15.0. The summed E-state index contributed by atoms with van der Waals surface area (Å²) in [6.07, 6.45) is 7.10. The van der Waals surface area contributed by atoms with Crippen molar-refractivity contribution in [3.8, 4) is 17.2 Å². The predicted octanol–water partition coefficient (Wildman–Crippen LogP) is 4.45. The maximum absolute atomic E-state index is 12.5. The van der Waals surface area contributed by atoms with Crippen molar-refractivity contribution in [1.29, 1.82) is 5.26 Å². The Morgan fingerprint density at radius 2 is 1.72 bits per heavy atom. The van der Waals surface area contributed by atoms with Crippen molar-refractivity contribution >= 4 is 21.9 Å². The van der Waals surface area contributed by atoms with Crippen LogP contribution in [0.2, 0.25) is 0 Å². The van der Waals surface area contributed by atoms with Crippen LogP contribution < -0.4 is 0 Å². The second-order valence-corrected chi connectivity index (χ2v) is 7.62. The van der Waals surface area contributed by atoms with Gasteiger partial charge >= 0.3 is 0 Å². The van der Waals surface area contributed by atoms with Gasteiger partial charge in [0.2, 0.25) is 0 Å². The number of piperidine rings is 1. The standard InChI is InChI=1S/C23H20N5O/c24-12-19-11-20-21-10-18(13-26-23(21)28(29)22(20)14-25-19)17-6-4-16(5-7-17)15-27-8-2-1-3-9-27/h4-7,10-11,13-14H,1-3,8-9,15H2/q-1. The van der Waals surface area contributed by atoms with Crippen molar-refractivity contribution < 1.29 is 0 Å². The summed E-state index contributed by atoms with van der Waals surface area (Å²) in [7, 11) is 0. The van der Waals surface area contributed by atoms with Crippen LogP contribution in [0.3, 0.4) is 0 Å². The number of hydrogen-bond acceptors (Lipinski definition) is 5. The Balaban J connectivity index is 1.50. The zero-order valence-electron chi connectivity index (χ0n) is 16.0. The molecule has 0 radical (unpaired) electrons. The van der Waals surface area contributed by atoms with Crippen LogP contribution in [0.4, 0.5) is 0 Å². The third-order valence-corrected chi connectivity index (χ3v) is 5.71. The van der Waals surface area contributed by atoms with E-state index in [0.717, 1.165) is 27.8 Å². The largest absolute Gasteiger partial charge is 0.804 e. The second-order valence-electron chi connectivity index (χ2n) is 7.62. The molecule has 4 heterocycles. The monoisotopic (exact) mass is 382 g/mol. The van der Waals surface area contributed by atoms with E-state index in [2.05, 4.69) is 39.1 Å². The zero-order chi connectivity index (χ0) is 19.8. The molecule has 0 saturated carbocycles. The van der Waals surface area contributed by atoms with Crippen LogP contribution in [0.25, 0.3) is 33.1 Å². The third kappa shape index (κ3) is 3.20. The first kappa shape index (κ1) is 17.7. The van der Waals surface area contributed by atoms with E-state index < -0.39 is 0 Å². The van der Waals surface area contributed by atoms with Crippen LogP contribution in [0, 0.1) is 16.5 Å². The molecule has 4 aromatic rings. The Morgan fingerprint density at radius 1 is 0.931 bits per heavy atom. The number of pyridine rings is 2. The van der Waals surface area contributed by atoms with Gasteiger partial charge in [0.25, 0.3) is 0 Å². The van der Waals surface area contributed by atoms with Crippen LogP contribution in [0.1, 0.15) is 30.5 Å². The van der Waals surface area contributed by atoms with E-state index in [1.807, 2.05) is 12.1 Å². The lowest BCUT2D eigenvalue weighted by atomic mass is 10.0. The van der Waals surface area contributed by atoms with Gasteiger partial charge in [0.05, 0.1) is 11.7 Å². The summed E-state index contributed by atoms with van der Waals surface area (Å²) in [5.41, 5.74) is 4.39. The van der Waals surface area contributed by atoms with Gasteiger partial charge in [0.1, 0.15) is 17.4 Å². The van der Waals surface area contributed by atoms with Gasteiger partial charge in [0, 0.05) is 29.1 Å². The number of fused-ring (bicyclic) bond motifs is 3. The Kier molecular flexibility index (Phi) is 4.38. The van der Waals surface area contributed by atoms with E-state index in [1.165, 1.54) is 44.1 Å². The molecule has 0 atom stereocenters. The van der Waals surface area contributed by atoms with Crippen LogP contribution in [0.15, 0.2) is 48.8 Å². The molecule has 1 fully saturated rings. The number of nitrogens with zero attached hydrogens (tertiary/aromatic N) is 5. The maximum atomic E-state index is 12.5. The van der Waals surface area contributed by atoms with Gasteiger partial charge < -0.3 is 9.94 Å². The smallest absolute Gasteiger partial charge is 0.141 e. The number of nitriles is 1. The number of aromatic nitrogens is 3. The average molecular weight is 382 g/mol. The molecule has 3 aromatic heterocycles. The highest BCUT2D eigenvalue weighted by molar-refractivity contribution is 6.08. The summed E-state index contributed by atoms with van der Waals surface area (Å²) >= 11 is 0. The van der Waals surface area contributed by atoms with Crippen molar-refractivity contribution in [1.82, 2.24) is 19.6 Å². The molecule has 1 aromatic carbocycles. The number of likely N-dealkylation sites (tertiary alicyclic amines) is 1. The molecule has 29 heavy (non-hydrogen) atoms. The lowest BCUT2D eigenvalue weighted by Gasteiger charge is -2.26. The molecule has 1 aliphatic heterocycles. The number of rotatable bonds is 3. The molecule has 0 amide bonds. The summed E-state index contributed by atoms with van der Waals surface area (Å²) in [4.78, 5) is 10.9. The molecule has 0 unspecified atom stereocenters. The molecule has 1 aliphatic rings. The van der Waals surface area contributed by atoms with Gasteiger partial charge in [-0.1, -0.05) is 30.7 Å². The minimum Gasteiger partial charge on any atom is -0.804 e. The van der Waals surface area contributed by atoms with E-state index in [4.69, 9.17) is 5.26 Å². The van der Waals surface area contributed by atoms with Gasteiger partial charge in [0.15, 0.2) is 0 Å². The van der Waals surface area contributed by atoms with E-state index in [1.54, 1.807) is 12.3 Å². The highest BCUT2D eigenvalue weighted by Gasteiger charge is 2.12. The first-order chi connectivity index (χ1) is 14.2. The fourth-order valence-electron chi connectivity index (χ4n) is 4.15. The first-order valence-corrected chi connectivity index (χ1v) is 9.92. The summed E-state index contributed by atoms with van der Waals surface area (Å²) in [6.45, 7) is 3.35. The molecule has 0 N–H and O–H groups in total. The Labute approximate surface area is 168 Å². The van der Waals surface area contributed by atoms with Crippen molar-refractivity contribution in [2.24, 2.45) is 0 Å². The SMILES string of the molecule is N#Cc1cc2c3cc(-c4ccc(CN5CCCCC5)cc4)cnc3n([O-])c2cn1. The van der Waals surface area contributed by atoms with Gasteiger partial charge in [-0.05, 0) is 49.2 Å². The quantitative estimate of drug-likeness (QED) is 0.523. The topological polar surface area (TPSA) is 80.8 Å². The number of hydrogen-bond donors (Lipinski definition) is 0. The highest BCUT2D eigenvalue weighted by atomic mass is 16.5. The van der Waals surface area contributed by atoms with Crippen molar-refractivity contribution in [2.75, 3.05) is 13.1 Å². The molecule has 0 bridgehead atoms. The minimum absolute atomic E-state index is 0.289. The maximum Gasteiger partial charge on any atom is 0.141 e. The lowest BCUT2D eigenvalue weighted by molar-refractivity contribution is 0.221. The molecule has 6 nitrogen and oxygen atoms in total. The van der Waals surface area contributed by atoms with Gasteiger partial charge in [-0.3, -0.25) is 4.90 Å². The van der Waals surface area contributed by atoms with Crippen LogP contribution in [0.5, 0.6) is 0 Å². The Bertz CT molecular complexity index is 1230. The lowest BCUT2D eigenvalue weighted by Crippen LogP contribution is -2.28. The molecule has 1 saturated heterocycles. The molecule has 0 spiro atoms. The first-order valence-electron chi connectivity index (χ1n) is 9.92. The van der Waals surface area contributed by atoms with E-state index >= 15 is 0 Å². The molecule has 5 rings (SSSR count). The Morgan fingerprint density at radius 3 is 2.48 bits per heavy atom. The summed E-state index contributed by atoms with van der Waals surface area (Å²) in [5.74, 6) is 0. The molecule has 144 valence electrons. The summed E-state index contributed by atoms with van der Waals surface area (Å²) in [6, 6.07) is 14.2. The second kappa shape index (κ2) is 7.19. The third-order valence-electron chi connectivity index (χ3n) is 5.71. The average Bonchev–Trinajstić information content (AvgIpc) is 3.06. The van der Waals surface area contributed by atoms with Gasteiger partial charge in [-0.25, -0.2) is 9.97 Å². The highest BCUT2D eigenvalue weighted by Crippen LogP contribution is 2.31. The summed E-state index contributed by atoms with van der Waals surface area (Å²) in [5, 5.41) is 23.1. The van der Waals surface area contributed by atoms with E-state index in [9.17, 15) is 5.21 Å². The van der Waals surface area contributed by atoms with Gasteiger partial charge in [-0.15, -0.1) is 0 Å². The minimum atomic E-state index is 0.289. The fraction of sp³-hybridized carbons (Fsp3) is 0.261. The van der Waals surface area contributed by atoms with Crippen LogP contribution in [-0.2, 0) is 6.54 Å². The Hall–Kier alpha value is -3.43. The molecule has 0 aliphatic carbocycles. The van der Waals surface area contributed by atoms with Crippen molar-refractivity contribution in [3.05, 3.63) is 65.3 Å². The van der Waals surface area contributed by atoms with Crippen LogP contribution >= 0.6 is 0 Å². The van der Waals surface area contributed by atoms with Gasteiger partial charge in [-0.2, -0.15) is 5.26 Å².